The average Bonchev–Trinajstić information content (AvgIpc) is 2.96. The first kappa shape index (κ1) is 22.9. The van der Waals surface area contributed by atoms with Crippen molar-refractivity contribution in [1.82, 2.24) is 9.36 Å². The quantitative estimate of drug-likeness (QED) is 0.605. The highest BCUT2D eigenvalue weighted by Gasteiger charge is 2.31. The molecule has 0 unspecified atom stereocenters. The van der Waals surface area contributed by atoms with Crippen LogP contribution >= 0.6 is 0 Å². The van der Waals surface area contributed by atoms with Gasteiger partial charge in [0.1, 0.15) is 5.69 Å². The zero-order valence-corrected chi connectivity index (χ0v) is 17.4. The van der Waals surface area contributed by atoms with Crippen LogP contribution in [0.5, 0.6) is 0 Å². The third-order valence-corrected chi connectivity index (χ3v) is 4.88. The predicted octanol–water partition coefficient (Wildman–Crippen LogP) is 3.69. The van der Waals surface area contributed by atoms with Crippen molar-refractivity contribution < 1.29 is 27.5 Å². The van der Waals surface area contributed by atoms with E-state index in [-0.39, 0.29) is 11.3 Å². The second kappa shape index (κ2) is 8.74. The number of rotatable bonds is 5. The summed E-state index contributed by atoms with van der Waals surface area (Å²) in [4.78, 5) is 37.6. The third kappa shape index (κ3) is 4.58. The van der Waals surface area contributed by atoms with Gasteiger partial charge in [0.05, 0.1) is 22.5 Å². The van der Waals surface area contributed by atoms with Gasteiger partial charge in [-0.2, -0.15) is 13.2 Å². The van der Waals surface area contributed by atoms with E-state index in [4.69, 9.17) is 4.74 Å². The molecule has 0 aliphatic rings. The van der Waals surface area contributed by atoms with E-state index in [1.165, 1.54) is 11.6 Å². The molecule has 10 heteroatoms. The number of aromatic nitrogens is 2. The van der Waals surface area contributed by atoms with E-state index < -0.39 is 35.3 Å². The molecule has 7 nitrogen and oxygen atoms in total. The van der Waals surface area contributed by atoms with Crippen LogP contribution in [0.1, 0.15) is 28.5 Å². The number of hydrogen-bond donors (Lipinski definition) is 1. The van der Waals surface area contributed by atoms with Crippen molar-refractivity contribution in [3.05, 3.63) is 81.8 Å². The summed E-state index contributed by atoms with van der Waals surface area (Å²) in [7, 11) is 1.65. The number of anilines is 1. The maximum absolute atomic E-state index is 12.9. The fraction of sp³-hybridized carbons (Fsp3) is 0.227. The van der Waals surface area contributed by atoms with Crippen molar-refractivity contribution in [2.75, 3.05) is 5.32 Å². The number of nitrogens with one attached hydrogen (secondary N) is 1. The summed E-state index contributed by atoms with van der Waals surface area (Å²) in [5.74, 6) is -1.89. The normalized spacial score (nSPS) is 12.3. The highest BCUT2D eigenvalue weighted by molar-refractivity contribution is 5.97. The molecule has 1 atom stereocenters. The van der Waals surface area contributed by atoms with Crippen molar-refractivity contribution in [3.63, 3.8) is 0 Å². The van der Waals surface area contributed by atoms with Gasteiger partial charge in [0.15, 0.2) is 6.10 Å². The van der Waals surface area contributed by atoms with E-state index in [0.717, 1.165) is 18.2 Å². The SMILES string of the molecule is Cc1c(NC(=O)[C@H](C)OC(=O)c2cccc(C(F)(F)F)c2)c(=O)n(-c2ccccc2)n1C. The van der Waals surface area contributed by atoms with Crippen molar-refractivity contribution in [1.29, 1.82) is 0 Å². The molecule has 0 radical (unpaired) electrons. The van der Waals surface area contributed by atoms with Gasteiger partial charge in [-0.3, -0.25) is 14.3 Å². The van der Waals surface area contributed by atoms with Gasteiger partial charge < -0.3 is 10.1 Å². The molecule has 2 aromatic carbocycles. The molecule has 0 fully saturated rings. The zero-order chi connectivity index (χ0) is 23.6. The Morgan fingerprint density at radius 2 is 1.72 bits per heavy atom. The molecule has 1 heterocycles. The summed E-state index contributed by atoms with van der Waals surface area (Å²) in [6.07, 6.45) is -5.98. The molecule has 1 aromatic heterocycles. The topological polar surface area (TPSA) is 82.3 Å². The lowest BCUT2D eigenvalue weighted by atomic mass is 10.1. The standard InChI is InChI=1S/C22H20F3N3O4/c1-13-18(20(30)28(27(13)3)17-10-5-4-6-11-17)26-19(29)14(2)32-21(31)15-8-7-9-16(12-15)22(23,24)25/h4-12,14H,1-3H3,(H,26,29)/t14-/m0/s1. The van der Waals surface area contributed by atoms with Gasteiger partial charge in [0.25, 0.3) is 11.5 Å². The van der Waals surface area contributed by atoms with Crippen LogP contribution in [0.4, 0.5) is 18.9 Å². The lowest BCUT2D eigenvalue weighted by molar-refractivity contribution is -0.137. The van der Waals surface area contributed by atoms with Crippen molar-refractivity contribution >= 4 is 17.6 Å². The molecular formula is C22H20F3N3O4. The van der Waals surface area contributed by atoms with Crippen LogP contribution in [0.25, 0.3) is 5.69 Å². The van der Waals surface area contributed by atoms with Crippen LogP contribution in [0.2, 0.25) is 0 Å². The van der Waals surface area contributed by atoms with Crippen molar-refractivity contribution in [2.24, 2.45) is 7.05 Å². The Labute approximate surface area is 181 Å². The van der Waals surface area contributed by atoms with E-state index in [0.29, 0.717) is 17.4 Å². The molecule has 32 heavy (non-hydrogen) atoms. The predicted molar refractivity (Wildman–Crippen MR) is 111 cm³/mol. The van der Waals surface area contributed by atoms with Crippen molar-refractivity contribution in [2.45, 2.75) is 26.1 Å². The molecule has 0 saturated carbocycles. The summed E-state index contributed by atoms with van der Waals surface area (Å²) >= 11 is 0. The minimum atomic E-state index is -4.62. The maximum Gasteiger partial charge on any atom is 0.416 e. The molecule has 168 valence electrons. The minimum absolute atomic E-state index is 0.00307. The fourth-order valence-corrected chi connectivity index (χ4v) is 3.04. The number of ether oxygens (including phenoxy) is 1. The van der Waals surface area contributed by atoms with Crippen LogP contribution < -0.4 is 10.9 Å². The lowest BCUT2D eigenvalue weighted by Gasteiger charge is -2.14. The number of benzene rings is 2. The van der Waals surface area contributed by atoms with Crippen molar-refractivity contribution in [3.8, 4) is 5.69 Å². The van der Waals surface area contributed by atoms with Gasteiger partial charge >= 0.3 is 12.1 Å². The van der Waals surface area contributed by atoms with E-state index in [1.807, 2.05) is 0 Å². The Morgan fingerprint density at radius 3 is 2.34 bits per heavy atom. The zero-order valence-electron chi connectivity index (χ0n) is 17.4. The largest absolute Gasteiger partial charge is 0.449 e. The van der Waals surface area contributed by atoms with Crippen LogP contribution in [-0.2, 0) is 22.8 Å². The third-order valence-electron chi connectivity index (χ3n) is 4.88. The Hall–Kier alpha value is -3.82. The summed E-state index contributed by atoms with van der Waals surface area (Å²) in [5.41, 5.74) is -0.785. The first-order valence-corrected chi connectivity index (χ1v) is 9.54. The Morgan fingerprint density at radius 1 is 1.06 bits per heavy atom. The van der Waals surface area contributed by atoms with E-state index in [2.05, 4.69) is 5.32 Å². The van der Waals surface area contributed by atoms with E-state index in [1.54, 1.807) is 49.0 Å². The van der Waals surface area contributed by atoms with E-state index in [9.17, 15) is 27.6 Å². The number of para-hydroxylation sites is 1. The van der Waals surface area contributed by atoms with Gasteiger partial charge in [0.2, 0.25) is 0 Å². The van der Waals surface area contributed by atoms with Gasteiger partial charge in [-0.25, -0.2) is 9.48 Å². The number of amides is 1. The Bertz CT molecular complexity index is 1210. The summed E-state index contributed by atoms with van der Waals surface area (Å²) in [6, 6.07) is 12.5. The molecule has 3 aromatic rings. The molecular weight excluding hydrogens is 427 g/mol. The number of hydrogen-bond acceptors (Lipinski definition) is 4. The van der Waals surface area contributed by atoms with Gasteiger partial charge in [-0.15, -0.1) is 0 Å². The summed E-state index contributed by atoms with van der Waals surface area (Å²) < 4.78 is 46.5. The van der Waals surface area contributed by atoms with Crippen LogP contribution in [0.3, 0.4) is 0 Å². The number of esters is 1. The number of alkyl halides is 3. The first-order chi connectivity index (χ1) is 15.0. The number of nitrogens with zero attached hydrogens (tertiary/aromatic N) is 2. The van der Waals surface area contributed by atoms with Crippen LogP contribution in [0, 0.1) is 6.92 Å². The summed E-state index contributed by atoms with van der Waals surface area (Å²) in [6.45, 7) is 2.89. The van der Waals surface area contributed by atoms with Gasteiger partial charge in [-0.05, 0) is 44.2 Å². The molecule has 0 spiro atoms. The van der Waals surface area contributed by atoms with Crippen LogP contribution in [-0.4, -0.2) is 27.3 Å². The number of carbonyl (C=O) groups excluding carboxylic acids is 2. The van der Waals surface area contributed by atoms with Gasteiger partial charge in [0, 0.05) is 7.05 Å². The molecule has 1 amide bonds. The lowest BCUT2D eigenvalue weighted by Crippen LogP contribution is -2.32. The fourth-order valence-electron chi connectivity index (χ4n) is 3.04. The minimum Gasteiger partial charge on any atom is -0.449 e. The number of carbonyl (C=O) groups is 2. The highest BCUT2D eigenvalue weighted by atomic mass is 19.4. The summed E-state index contributed by atoms with van der Waals surface area (Å²) in [5, 5.41) is 2.45. The first-order valence-electron chi connectivity index (χ1n) is 9.54. The smallest absolute Gasteiger partial charge is 0.416 e. The molecule has 1 N–H and O–H groups in total. The molecule has 0 saturated heterocycles. The highest BCUT2D eigenvalue weighted by Crippen LogP contribution is 2.29. The second-order valence-corrected chi connectivity index (χ2v) is 7.05. The monoisotopic (exact) mass is 447 g/mol. The Balaban J connectivity index is 1.77. The molecule has 0 bridgehead atoms. The second-order valence-electron chi connectivity index (χ2n) is 7.05. The average molecular weight is 447 g/mol. The van der Waals surface area contributed by atoms with Crippen LogP contribution in [0.15, 0.2) is 59.4 Å². The molecule has 3 rings (SSSR count). The molecule has 0 aliphatic heterocycles. The van der Waals surface area contributed by atoms with Gasteiger partial charge in [-0.1, -0.05) is 24.3 Å². The maximum atomic E-state index is 12.9. The number of halogens is 3. The Kier molecular flexibility index (Phi) is 6.24. The van der Waals surface area contributed by atoms with E-state index >= 15 is 0 Å². The molecule has 0 aliphatic carbocycles.